The topological polar surface area (TPSA) is 86.6 Å². The van der Waals surface area contributed by atoms with Gasteiger partial charge < -0.3 is 10.2 Å². The molecule has 0 aliphatic heterocycles. The zero-order valence-electron chi connectivity index (χ0n) is 11.9. The van der Waals surface area contributed by atoms with Crippen LogP contribution < -0.4 is 4.72 Å². The largest absolute Gasteiger partial charge is 0.395 e. The fourth-order valence-electron chi connectivity index (χ4n) is 2.23. The van der Waals surface area contributed by atoms with Crippen molar-refractivity contribution < 1.29 is 18.6 Å². The predicted octanol–water partition coefficient (Wildman–Crippen LogP) is 0.798. The van der Waals surface area contributed by atoms with Crippen LogP contribution >= 0.6 is 0 Å². The average molecular weight is 299 g/mol. The molecule has 3 N–H and O–H groups in total. The van der Waals surface area contributed by atoms with Gasteiger partial charge in [-0.2, -0.15) is 0 Å². The van der Waals surface area contributed by atoms with Crippen LogP contribution in [0.15, 0.2) is 29.7 Å². The smallest absolute Gasteiger partial charge is 0.241 e. The summed E-state index contributed by atoms with van der Waals surface area (Å²) in [4.78, 5) is 0.179. The van der Waals surface area contributed by atoms with Crippen LogP contribution in [0.5, 0.6) is 0 Å². The molecule has 0 aliphatic rings. The molecule has 0 radical (unpaired) electrons. The van der Waals surface area contributed by atoms with Crippen molar-refractivity contribution in [2.45, 2.75) is 37.8 Å². The van der Waals surface area contributed by atoms with Gasteiger partial charge >= 0.3 is 0 Å². The molecule has 0 fully saturated rings. The molecule has 1 aromatic carbocycles. The van der Waals surface area contributed by atoms with Gasteiger partial charge in [0.25, 0.3) is 0 Å². The van der Waals surface area contributed by atoms with E-state index in [4.69, 9.17) is 0 Å². The summed E-state index contributed by atoms with van der Waals surface area (Å²) in [6, 6.07) is 2.54. The van der Waals surface area contributed by atoms with Crippen LogP contribution in [0, 0.1) is 20.8 Å². The summed E-state index contributed by atoms with van der Waals surface area (Å²) in [5.74, 6) is 0. The Morgan fingerprint density at radius 2 is 1.80 bits per heavy atom. The first-order chi connectivity index (χ1) is 9.22. The van der Waals surface area contributed by atoms with Crippen LogP contribution in [0.1, 0.15) is 16.7 Å². The second-order valence-corrected chi connectivity index (χ2v) is 6.52. The SMILES string of the molecule is C=CC(O)[C@H](CO)NS(=O)(=O)c1c(C)cc(C)cc1C. The summed E-state index contributed by atoms with van der Waals surface area (Å²) < 4.78 is 27.1. The Morgan fingerprint density at radius 1 is 1.30 bits per heavy atom. The third-order valence-electron chi connectivity index (χ3n) is 3.03. The Kier molecular flexibility index (Phi) is 5.47. The molecule has 0 spiro atoms. The third kappa shape index (κ3) is 3.67. The molecule has 0 saturated carbocycles. The van der Waals surface area contributed by atoms with Crippen molar-refractivity contribution in [3.8, 4) is 0 Å². The van der Waals surface area contributed by atoms with Crippen molar-refractivity contribution in [1.82, 2.24) is 4.72 Å². The maximum Gasteiger partial charge on any atom is 0.241 e. The molecule has 6 heteroatoms. The normalized spacial score (nSPS) is 14.8. The first-order valence-electron chi connectivity index (χ1n) is 6.24. The third-order valence-corrected chi connectivity index (χ3v) is 4.82. The Morgan fingerprint density at radius 3 is 2.20 bits per heavy atom. The summed E-state index contributed by atoms with van der Waals surface area (Å²) in [6.07, 6.45) is 0.0268. The molecule has 1 rings (SSSR count). The van der Waals surface area contributed by atoms with Crippen LogP contribution in [0.4, 0.5) is 0 Å². The molecule has 20 heavy (non-hydrogen) atoms. The molecular formula is C14H21NO4S. The fraction of sp³-hybridized carbons (Fsp3) is 0.429. The molecule has 2 atom stereocenters. The maximum absolute atomic E-state index is 12.4. The van der Waals surface area contributed by atoms with Gasteiger partial charge in [-0.1, -0.05) is 23.8 Å². The molecule has 1 unspecified atom stereocenters. The molecule has 0 heterocycles. The van der Waals surface area contributed by atoms with Gasteiger partial charge in [-0.3, -0.25) is 0 Å². The molecule has 0 bridgehead atoms. The van der Waals surface area contributed by atoms with Crippen molar-refractivity contribution in [3.05, 3.63) is 41.5 Å². The van der Waals surface area contributed by atoms with Gasteiger partial charge in [0.05, 0.1) is 23.6 Å². The van der Waals surface area contributed by atoms with Gasteiger partial charge in [-0.15, -0.1) is 6.58 Å². The molecular weight excluding hydrogens is 278 g/mol. The minimum absolute atomic E-state index is 0.179. The monoisotopic (exact) mass is 299 g/mol. The van der Waals surface area contributed by atoms with Crippen molar-refractivity contribution in [3.63, 3.8) is 0 Å². The van der Waals surface area contributed by atoms with Gasteiger partial charge in [0.2, 0.25) is 10.0 Å². The molecule has 5 nitrogen and oxygen atoms in total. The number of aliphatic hydroxyl groups is 2. The number of rotatable bonds is 6. The zero-order chi connectivity index (χ0) is 15.5. The van der Waals surface area contributed by atoms with Crippen LogP contribution in [-0.2, 0) is 10.0 Å². The number of aliphatic hydroxyl groups excluding tert-OH is 2. The second-order valence-electron chi connectivity index (χ2n) is 4.86. The van der Waals surface area contributed by atoms with E-state index in [9.17, 15) is 18.6 Å². The van der Waals surface area contributed by atoms with E-state index in [1.165, 1.54) is 6.08 Å². The highest BCUT2D eigenvalue weighted by molar-refractivity contribution is 7.89. The highest BCUT2D eigenvalue weighted by Gasteiger charge is 2.26. The summed E-state index contributed by atoms with van der Waals surface area (Å²) in [7, 11) is -3.82. The number of aryl methyl sites for hydroxylation is 3. The lowest BCUT2D eigenvalue weighted by Gasteiger charge is -2.21. The van der Waals surface area contributed by atoms with Crippen molar-refractivity contribution in [2.24, 2.45) is 0 Å². The summed E-state index contributed by atoms with van der Waals surface area (Å²) in [5.41, 5.74) is 2.23. The average Bonchev–Trinajstić information content (AvgIpc) is 2.33. The lowest BCUT2D eigenvalue weighted by molar-refractivity contribution is 0.136. The van der Waals surface area contributed by atoms with E-state index in [1.54, 1.807) is 26.0 Å². The summed E-state index contributed by atoms with van der Waals surface area (Å²) in [5, 5.41) is 18.8. The van der Waals surface area contributed by atoms with E-state index in [0.717, 1.165) is 5.56 Å². The van der Waals surface area contributed by atoms with Crippen LogP contribution in [0.3, 0.4) is 0 Å². The zero-order valence-corrected chi connectivity index (χ0v) is 12.7. The molecule has 112 valence electrons. The van der Waals surface area contributed by atoms with Gasteiger partial charge in [-0.05, 0) is 31.9 Å². The Balaban J connectivity index is 3.21. The number of sulfonamides is 1. The molecule has 0 aromatic heterocycles. The number of hydrogen-bond acceptors (Lipinski definition) is 4. The van der Waals surface area contributed by atoms with Gasteiger partial charge in [-0.25, -0.2) is 13.1 Å². The lowest BCUT2D eigenvalue weighted by atomic mass is 10.1. The number of benzene rings is 1. The van der Waals surface area contributed by atoms with Crippen molar-refractivity contribution in [1.29, 1.82) is 0 Å². The van der Waals surface area contributed by atoms with E-state index in [-0.39, 0.29) is 4.90 Å². The standard InChI is InChI=1S/C14H21NO4S/c1-5-13(17)12(8-16)15-20(18,19)14-10(3)6-9(2)7-11(14)4/h5-7,12-13,15-17H,1,8H2,2-4H3/t12-,13?/m0/s1. The lowest BCUT2D eigenvalue weighted by Crippen LogP contribution is -2.45. The minimum Gasteiger partial charge on any atom is -0.395 e. The summed E-state index contributed by atoms with van der Waals surface area (Å²) in [6.45, 7) is 8.19. The fourth-order valence-corrected chi connectivity index (χ4v) is 3.92. The van der Waals surface area contributed by atoms with Crippen molar-refractivity contribution >= 4 is 10.0 Å². The Labute approximate surface area is 120 Å². The van der Waals surface area contributed by atoms with Crippen molar-refractivity contribution in [2.75, 3.05) is 6.61 Å². The Hall–Kier alpha value is -1.21. The van der Waals surface area contributed by atoms with Crippen LogP contribution in [0.25, 0.3) is 0 Å². The molecule has 0 saturated heterocycles. The molecule has 1 aromatic rings. The molecule has 0 amide bonds. The second kappa shape index (κ2) is 6.49. The van der Waals surface area contributed by atoms with Gasteiger partial charge in [0, 0.05) is 0 Å². The molecule has 0 aliphatic carbocycles. The van der Waals surface area contributed by atoms with E-state index in [0.29, 0.717) is 11.1 Å². The van der Waals surface area contributed by atoms with Crippen LogP contribution in [-0.4, -0.2) is 37.4 Å². The van der Waals surface area contributed by atoms with Gasteiger partial charge in [0.1, 0.15) is 0 Å². The maximum atomic E-state index is 12.4. The quantitative estimate of drug-likeness (QED) is 0.678. The highest BCUT2D eigenvalue weighted by atomic mass is 32.2. The Bertz CT molecular complexity index is 572. The van der Waals surface area contributed by atoms with Gasteiger partial charge in [0.15, 0.2) is 0 Å². The highest BCUT2D eigenvalue weighted by Crippen LogP contribution is 2.22. The van der Waals surface area contributed by atoms with E-state index in [2.05, 4.69) is 11.3 Å². The van der Waals surface area contributed by atoms with E-state index >= 15 is 0 Å². The van der Waals surface area contributed by atoms with Crippen LogP contribution in [0.2, 0.25) is 0 Å². The number of nitrogens with one attached hydrogen (secondary N) is 1. The van der Waals surface area contributed by atoms with E-state index in [1.807, 2.05) is 6.92 Å². The first kappa shape index (κ1) is 16.8. The summed E-state index contributed by atoms with van der Waals surface area (Å²) >= 11 is 0. The predicted molar refractivity (Wildman–Crippen MR) is 78.1 cm³/mol. The first-order valence-corrected chi connectivity index (χ1v) is 7.73. The number of hydrogen-bond donors (Lipinski definition) is 3. The minimum atomic E-state index is -3.82. The van der Waals surface area contributed by atoms with E-state index < -0.39 is 28.8 Å².